The van der Waals surface area contributed by atoms with E-state index in [-0.39, 0.29) is 17.9 Å². The molecule has 4 heteroatoms. The molecule has 4 nitrogen and oxygen atoms in total. The van der Waals surface area contributed by atoms with Gasteiger partial charge in [0.25, 0.3) is 0 Å². The predicted octanol–water partition coefficient (Wildman–Crippen LogP) is 2.90. The van der Waals surface area contributed by atoms with E-state index < -0.39 is 0 Å². The number of likely N-dealkylation sites (tertiary alicyclic amines) is 1. The van der Waals surface area contributed by atoms with Gasteiger partial charge in [-0.3, -0.25) is 4.79 Å². The summed E-state index contributed by atoms with van der Waals surface area (Å²) in [5.74, 6) is -0.250. The van der Waals surface area contributed by atoms with E-state index in [2.05, 4.69) is 6.92 Å². The van der Waals surface area contributed by atoms with Crippen LogP contribution in [-0.2, 0) is 14.3 Å². The Kier molecular flexibility index (Phi) is 7.53. The lowest BCUT2D eigenvalue weighted by Crippen LogP contribution is -2.40. The average Bonchev–Trinajstić information content (AvgIpc) is 2.87. The van der Waals surface area contributed by atoms with Gasteiger partial charge in [0, 0.05) is 13.5 Å². The first-order chi connectivity index (χ1) is 9.16. The summed E-state index contributed by atoms with van der Waals surface area (Å²) in [7, 11) is 0. The number of rotatable bonds is 8. The van der Waals surface area contributed by atoms with Crippen LogP contribution >= 0.6 is 0 Å². The van der Waals surface area contributed by atoms with Crippen molar-refractivity contribution >= 4 is 11.9 Å². The maximum absolute atomic E-state index is 11.9. The number of ether oxygens (including phenoxy) is 1. The van der Waals surface area contributed by atoms with Crippen LogP contribution in [0.5, 0.6) is 0 Å². The molecule has 1 aliphatic heterocycles. The lowest BCUT2D eigenvalue weighted by Gasteiger charge is -2.21. The van der Waals surface area contributed by atoms with Crippen LogP contribution in [0.2, 0.25) is 0 Å². The van der Waals surface area contributed by atoms with Gasteiger partial charge in [-0.05, 0) is 19.3 Å². The highest BCUT2D eigenvalue weighted by atomic mass is 16.5. The van der Waals surface area contributed by atoms with Gasteiger partial charge in [0.15, 0.2) is 0 Å². The minimum Gasteiger partial charge on any atom is -0.464 e. The third-order valence-corrected chi connectivity index (χ3v) is 3.67. The van der Waals surface area contributed by atoms with Gasteiger partial charge in [0.2, 0.25) is 5.91 Å². The van der Waals surface area contributed by atoms with Gasteiger partial charge in [0.1, 0.15) is 6.04 Å². The van der Waals surface area contributed by atoms with Crippen molar-refractivity contribution in [2.75, 3.05) is 13.2 Å². The number of amides is 1. The Morgan fingerprint density at radius 2 is 1.84 bits per heavy atom. The van der Waals surface area contributed by atoms with Crippen LogP contribution in [0, 0.1) is 0 Å². The van der Waals surface area contributed by atoms with Gasteiger partial charge < -0.3 is 9.64 Å². The first kappa shape index (κ1) is 16.0. The molecular weight excluding hydrogens is 242 g/mol. The lowest BCUT2D eigenvalue weighted by atomic mass is 10.1. The summed E-state index contributed by atoms with van der Waals surface area (Å²) in [6, 6.07) is -0.336. The SMILES string of the molecule is CCCCCCCCOC(=O)C1CCCN1C(C)=O. The molecular formula is C15H27NO3. The molecule has 1 fully saturated rings. The first-order valence-electron chi connectivity index (χ1n) is 7.60. The van der Waals surface area contributed by atoms with Crippen LogP contribution in [-0.4, -0.2) is 36.0 Å². The Hall–Kier alpha value is -1.06. The molecule has 1 atom stereocenters. The molecule has 1 rings (SSSR count). The topological polar surface area (TPSA) is 46.6 Å². The maximum atomic E-state index is 11.9. The van der Waals surface area contributed by atoms with Gasteiger partial charge in [-0.15, -0.1) is 0 Å². The monoisotopic (exact) mass is 269 g/mol. The molecule has 1 aliphatic rings. The molecule has 0 aliphatic carbocycles. The third kappa shape index (κ3) is 5.62. The van der Waals surface area contributed by atoms with Crippen molar-refractivity contribution in [3.05, 3.63) is 0 Å². The molecule has 0 aromatic heterocycles. The van der Waals surface area contributed by atoms with E-state index >= 15 is 0 Å². The number of carbonyl (C=O) groups is 2. The lowest BCUT2D eigenvalue weighted by molar-refractivity contribution is -0.153. The van der Waals surface area contributed by atoms with Crippen molar-refractivity contribution in [2.24, 2.45) is 0 Å². The molecule has 19 heavy (non-hydrogen) atoms. The van der Waals surface area contributed by atoms with Crippen LogP contribution < -0.4 is 0 Å². The summed E-state index contributed by atoms with van der Waals surface area (Å²) in [5.41, 5.74) is 0. The van der Waals surface area contributed by atoms with E-state index in [4.69, 9.17) is 4.74 Å². The van der Waals surface area contributed by atoms with E-state index in [0.29, 0.717) is 13.2 Å². The van der Waals surface area contributed by atoms with Crippen molar-refractivity contribution in [1.29, 1.82) is 0 Å². The standard InChI is InChI=1S/C15H27NO3/c1-3-4-5-6-7-8-12-19-15(18)14-10-9-11-16(14)13(2)17/h14H,3-12H2,1-2H3. The number of hydrogen-bond acceptors (Lipinski definition) is 3. The summed E-state index contributed by atoms with van der Waals surface area (Å²) in [6.45, 7) is 4.89. The van der Waals surface area contributed by atoms with E-state index in [1.54, 1.807) is 4.90 Å². The van der Waals surface area contributed by atoms with Gasteiger partial charge in [0.05, 0.1) is 6.61 Å². The second-order valence-corrected chi connectivity index (χ2v) is 5.31. The van der Waals surface area contributed by atoms with Gasteiger partial charge >= 0.3 is 5.97 Å². The van der Waals surface area contributed by atoms with Crippen molar-refractivity contribution in [1.82, 2.24) is 4.90 Å². The summed E-state index contributed by atoms with van der Waals surface area (Å²) < 4.78 is 5.28. The van der Waals surface area contributed by atoms with Crippen LogP contribution in [0.1, 0.15) is 65.2 Å². The fraction of sp³-hybridized carbons (Fsp3) is 0.867. The maximum Gasteiger partial charge on any atom is 0.328 e. The molecule has 0 aromatic rings. The van der Waals surface area contributed by atoms with Crippen molar-refractivity contribution in [2.45, 2.75) is 71.3 Å². The normalized spacial score (nSPS) is 18.6. The molecule has 1 unspecified atom stereocenters. The van der Waals surface area contributed by atoms with Crippen molar-refractivity contribution < 1.29 is 14.3 Å². The second-order valence-electron chi connectivity index (χ2n) is 5.31. The minimum atomic E-state index is -0.336. The number of nitrogens with zero attached hydrogens (tertiary/aromatic N) is 1. The molecule has 0 saturated carbocycles. The number of unbranched alkanes of at least 4 members (excludes halogenated alkanes) is 5. The zero-order valence-electron chi connectivity index (χ0n) is 12.3. The minimum absolute atomic E-state index is 0.0287. The molecule has 0 bridgehead atoms. The summed E-state index contributed by atoms with van der Waals surface area (Å²) in [6.07, 6.45) is 8.72. The molecule has 0 spiro atoms. The smallest absolute Gasteiger partial charge is 0.328 e. The predicted molar refractivity (Wildman–Crippen MR) is 74.7 cm³/mol. The Labute approximate surface area is 116 Å². The third-order valence-electron chi connectivity index (χ3n) is 3.67. The highest BCUT2D eigenvalue weighted by Crippen LogP contribution is 2.18. The Bertz CT molecular complexity index is 291. The van der Waals surface area contributed by atoms with Gasteiger partial charge in [-0.25, -0.2) is 4.79 Å². The number of esters is 1. The van der Waals surface area contributed by atoms with E-state index in [1.165, 1.54) is 32.6 Å². The van der Waals surface area contributed by atoms with Crippen LogP contribution in [0.4, 0.5) is 0 Å². The first-order valence-corrected chi connectivity index (χ1v) is 7.60. The van der Waals surface area contributed by atoms with Crippen LogP contribution in [0.25, 0.3) is 0 Å². The Morgan fingerprint density at radius 1 is 1.16 bits per heavy atom. The fourth-order valence-electron chi connectivity index (χ4n) is 2.54. The average molecular weight is 269 g/mol. The quantitative estimate of drug-likeness (QED) is 0.503. The molecule has 110 valence electrons. The Balaban J connectivity index is 2.12. The molecule has 0 aromatic carbocycles. The fourth-order valence-corrected chi connectivity index (χ4v) is 2.54. The summed E-state index contributed by atoms with van der Waals surface area (Å²) in [4.78, 5) is 24.9. The molecule has 0 N–H and O–H groups in total. The molecule has 1 heterocycles. The van der Waals surface area contributed by atoms with Crippen molar-refractivity contribution in [3.8, 4) is 0 Å². The van der Waals surface area contributed by atoms with Crippen LogP contribution in [0.15, 0.2) is 0 Å². The summed E-state index contributed by atoms with van der Waals surface area (Å²) >= 11 is 0. The second kappa shape index (κ2) is 8.94. The van der Waals surface area contributed by atoms with E-state index in [0.717, 1.165) is 25.7 Å². The highest BCUT2D eigenvalue weighted by molar-refractivity contribution is 5.83. The number of carbonyl (C=O) groups excluding carboxylic acids is 2. The Morgan fingerprint density at radius 3 is 2.53 bits per heavy atom. The van der Waals surface area contributed by atoms with Crippen LogP contribution in [0.3, 0.4) is 0 Å². The van der Waals surface area contributed by atoms with Gasteiger partial charge in [-0.2, -0.15) is 0 Å². The zero-order valence-corrected chi connectivity index (χ0v) is 12.3. The van der Waals surface area contributed by atoms with Gasteiger partial charge in [-0.1, -0.05) is 39.0 Å². The molecule has 1 saturated heterocycles. The van der Waals surface area contributed by atoms with E-state index in [9.17, 15) is 9.59 Å². The molecule has 1 amide bonds. The molecule has 0 radical (unpaired) electrons. The zero-order chi connectivity index (χ0) is 14.1. The summed E-state index contributed by atoms with van der Waals surface area (Å²) in [5, 5.41) is 0. The number of hydrogen-bond donors (Lipinski definition) is 0. The highest BCUT2D eigenvalue weighted by Gasteiger charge is 2.33. The van der Waals surface area contributed by atoms with E-state index in [1.807, 2.05) is 0 Å². The van der Waals surface area contributed by atoms with Crippen molar-refractivity contribution in [3.63, 3.8) is 0 Å². The largest absolute Gasteiger partial charge is 0.464 e.